The van der Waals surface area contributed by atoms with Crippen molar-refractivity contribution >= 4 is 22.4 Å². The van der Waals surface area contributed by atoms with Crippen LogP contribution in [0.1, 0.15) is 18.4 Å². The van der Waals surface area contributed by atoms with Crippen LogP contribution in [0.15, 0.2) is 29.2 Å². The molecular weight excluding hydrogens is 352 g/mol. The monoisotopic (exact) mass is 378 g/mol. The molecule has 6 nitrogen and oxygen atoms in total. The molecule has 0 saturated carbocycles. The lowest BCUT2D eigenvalue weighted by Gasteiger charge is -2.28. The Morgan fingerprint density at radius 2 is 1.92 bits per heavy atom. The third-order valence-electron chi connectivity index (χ3n) is 4.18. The summed E-state index contributed by atoms with van der Waals surface area (Å²) in [6.07, 6.45) is 2.70. The summed E-state index contributed by atoms with van der Waals surface area (Å²) < 4.78 is 37.9. The highest BCUT2D eigenvalue weighted by Gasteiger charge is 2.34. The van der Waals surface area contributed by atoms with E-state index in [4.69, 9.17) is 9.47 Å². The topological polar surface area (TPSA) is 76.7 Å². The molecule has 138 valence electrons. The standard InChI is InChI=1S/C16H26N2O4S.ClH/c1-21-11-8-14-4-6-15(7-5-14)23(19,20)18-12-16(13-22-2)9-3-10-17-16;/h4-7,17-18H,3,8-13H2,1-2H3;1H. The number of nitrogens with one attached hydrogen (secondary N) is 2. The third kappa shape index (κ3) is 5.68. The average Bonchev–Trinajstić information content (AvgIpc) is 3.01. The van der Waals surface area contributed by atoms with Crippen LogP contribution in [-0.2, 0) is 25.9 Å². The van der Waals surface area contributed by atoms with E-state index in [-0.39, 0.29) is 22.8 Å². The zero-order valence-corrected chi connectivity index (χ0v) is 15.8. The quantitative estimate of drug-likeness (QED) is 0.678. The Bertz CT molecular complexity index is 587. The van der Waals surface area contributed by atoms with E-state index in [0.29, 0.717) is 19.8 Å². The van der Waals surface area contributed by atoms with E-state index < -0.39 is 10.0 Å². The number of ether oxygens (including phenoxy) is 2. The Morgan fingerprint density at radius 3 is 2.46 bits per heavy atom. The molecule has 1 fully saturated rings. The lowest BCUT2D eigenvalue weighted by atomic mass is 9.99. The number of hydrogen-bond donors (Lipinski definition) is 2. The van der Waals surface area contributed by atoms with Gasteiger partial charge in [-0.1, -0.05) is 12.1 Å². The Kier molecular flexibility index (Phi) is 8.62. The van der Waals surface area contributed by atoms with Crippen molar-refractivity contribution in [2.24, 2.45) is 0 Å². The van der Waals surface area contributed by atoms with Gasteiger partial charge in [0.15, 0.2) is 0 Å². The van der Waals surface area contributed by atoms with Gasteiger partial charge in [0.25, 0.3) is 0 Å². The minimum absolute atomic E-state index is 0. The van der Waals surface area contributed by atoms with Gasteiger partial charge in [-0.25, -0.2) is 13.1 Å². The maximum atomic E-state index is 12.5. The van der Waals surface area contributed by atoms with Gasteiger partial charge in [-0.2, -0.15) is 0 Å². The zero-order chi connectivity index (χ0) is 16.8. The number of benzene rings is 1. The molecule has 2 rings (SSSR count). The van der Waals surface area contributed by atoms with Crippen LogP contribution in [0.3, 0.4) is 0 Å². The highest BCUT2D eigenvalue weighted by molar-refractivity contribution is 7.89. The Hall–Kier alpha value is -0.700. The number of hydrogen-bond acceptors (Lipinski definition) is 5. The Balaban J connectivity index is 0.00000288. The predicted octanol–water partition coefficient (Wildman–Crippen LogP) is 1.34. The van der Waals surface area contributed by atoms with Crippen LogP contribution < -0.4 is 10.0 Å². The first-order chi connectivity index (χ1) is 11.0. The first-order valence-electron chi connectivity index (χ1n) is 7.83. The summed E-state index contributed by atoms with van der Waals surface area (Å²) in [5, 5.41) is 3.36. The SMILES string of the molecule is COCCc1ccc(S(=O)(=O)NCC2(COC)CCCN2)cc1.Cl. The largest absolute Gasteiger partial charge is 0.384 e. The lowest BCUT2D eigenvalue weighted by molar-refractivity contribution is 0.122. The first kappa shape index (κ1) is 21.3. The molecule has 24 heavy (non-hydrogen) atoms. The van der Waals surface area contributed by atoms with Crippen LogP contribution in [0.2, 0.25) is 0 Å². The van der Waals surface area contributed by atoms with Gasteiger partial charge in [0.1, 0.15) is 0 Å². The third-order valence-corrected chi connectivity index (χ3v) is 5.60. The summed E-state index contributed by atoms with van der Waals surface area (Å²) in [4.78, 5) is 0.282. The molecule has 1 aliphatic rings. The molecule has 8 heteroatoms. The van der Waals surface area contributed by atoms with Gasteiger partial charge in [0.05, 0.1) is 23.6 Å². The van der Waals surface area contributed by atoms with Crippen molar-refractivity contribution in [3.05, 3.63) is 29.8 Å². The number of halogens is 1. The molecule has 1 unspecified atom stereocenters. The smallest absolute Gasteiger partial charge is 0.240 e. The van der Waals surface area contributed by atoms with Gasteiger partial charge in [0.2, 0.25) is 10.0 Å². The van der Waals surface area contributed by atoms with Crippen molar-refractivity contribution in [1.29, 1.82) is 0 Å². The molecule has 0 aliphatic carbocycles. The van der Waals surface area contributed by atoms with Gasteiger partial charge < -0.3 is 14.8 Å². The van der Waals surface area contributed by atoms with Crippen molar-refractivity contribution < 1.29 is 17.9 Å². The molecule has 0 bridgehead atoms. The molecule has 0 aromatic heterocycles. The second kappa shape index (κ2) is 9.70. The van der Waals surface area contributed by atoms with E-state index in [0.717, 1.165) is 31.4 Å². The number of sulfonamides is 1. The van der Waals surface area contributed by atoms with Crippen LogP contribution in [-0.4, -0.2) is 54.5 Å². The summed E-state index contributed by atoms with van der Waals surface area (Å²) in [6.45, 7) is 2.33. The van der Waals surface area contributed by atoms with E-state index in [1.807, 2.05) is 12.1 Å². The first-order valence-corrected chi connectivity index (χ1v) is 9.31. The molecule has 2 N–H and O–H groups in total. The Labute approximate surface area is 150 Å². The van der Waals surface area contributed by atoms with E-state index in [1.165, 1.54) is 0 Å². The van der Waals surface area contributed by atoms with E-state index >= 15 is 0 Å². The predicted molar refractivity (Wildman–Crippen MR) is 96.3 cm³/mol. The van der Waals surface area contributed by atoms with E-state index in [1.54, 1.807) is 26.4 Å². The molecule has 1 heterocycles. The van der Waals surface area contributed by atoms with Crippen molar-refractivity contribution in [3.8, 4) is 0 Å². The number of methoxy groups -OCH3 is 2. The zero-order valence-electron chi connectivity index (χ0n) is 14.2. The van der Waals surface area contributed by atoms with E-state index in [2.05, 4.69) is 10.0 Å². The molecular formula is C16H27ClN2O4S. The normalized spacial score (nSPS) is 20.8. The van der Waals surface area contributed by atoms with Gasteiger partial charge >= 0.3 is 0 Å². The molecule has 1 aromatic rings. The van der Waals surface area contributed by atoms with Gasteiger partial charge in [-0.05, 0) is 43.5 Å². The van der Waals surface area contributed by atoms with Crippen LogP contribution >= 0.6 is 12.4 Å². The maximum Gasteiger partial charge on any atom is 0.240 e. The summed E-state index contributed by atoms with van der Waals surface area (Å²) in [6, 6.07) is 6.93. The minimum atomic E-state index is -3.52. The minimum Gasteiger partial charge on any atom is -0.384 e. The fraction of sp³-hybridized carbons (Fsp3) is 0.625. The van der Waals surface area contributed by atoms with Crippen LogP contribution in [0.5, 0.6) is 0 Å². The second-order valence-corrected chi connectivity index (χ2v) is 7.72. The molecule has 0 amide bonds. The van der Waals surface area contributed by atoms with Gasteiger partial charge in [-0.3, -0.25) is 0 Å². The number of rotatable bonds is 9. The second-order valence-electron chi connectivity index (χ2n) is 5.95. The molecule has 0 radical (unpaired) electrons. The summed E-state index contributed by atoms with van der Waals surface area (Å²) in [7, 11) is -0.236. The van der Waals surface area contributed by atoms with Crippen molar-refractivity contribution in [2.45, 2.75) is 29.7 Å². The van der Waals surface area contributed by atoms with Crippen LogP contribution in [0, 0.1) is 0 Å². The average molecular weight is 379 g/mol. The summed E-state index contributed by atoms with van der Waals surface area (Å²) in [5.74, 6) is 0. The summed E-state index contributed by atoms with van der Waals surface area (Å²) in [5.41, 5.74) is 0.749. The van der Waals surface area contributed by atoms with Crippen LogP contribution in [0.4, 0.5) is 0 Å². The summed E-state index contributed by atoms with van der Waals surface area (Å²) >= 11 is 0. The van der Waals surface area contributed by atoms with Crippen molar-refractivity contribution in [2.75, 3.05) is 40.5 Å². The highest BCUT2D eigenvalue weighted by Crippen LogP contribution is 2.20. The van der Waals surface area contributed by atoms with Crippen molar-refractivity contribution in [1.82, 2.24) is 10.0 Å². The fourth-order valence-electron chi connectivity index (χ4n) is 2.84. The van der Waals surface area contributed by atoms with E-state index in [9.17, 15) is 8.42 Å². The van der Waals surface area contributed by atoms with Crippen molar-refractivity contribution in [3.63, 3.8) is 0 Å². The lowest BCUT2D eigenvalue weighted by Crippen LogP contribution is -2.52. The highest BCUT2D eigenvalue weighted by atomic mass is 35.5. The molecule has 0 spiro atoms. The molecule has 1 aliphatic heterocycles. The fourth-order valence-corrected chi connectivity index (χ4v) is 3.97. The molecule has 1 atom stereocenters. The molecule has 1 saturated heterocycles. The van der Waals surface area contributed by atoms with Gasteiger partial charge in [-0.15, -0.1) is 12.4 Å². The van der Waals surface area contributed by atoms with Gasteiger partial charge in [0, 0.05) is 20.8 Å². The van der Waals surface area contributed by atoms with Crippen LogP contribution in [0.25, 0.3) is 0 Å². The Morgan fingerprint density at radius 1 is 1.21 bits per heavy atom. The molecule has 1 aromatic carbocycles. The maximum absolute atomic E-state index is 12.5.